The van der Waals surface area contributed by atoms with E-state index in [1.54, 1.807) is 6.20 Å². The minimum atomic E-state index is -4.32. The molecule has 0 N–H and O–H groups in total. The van der Waals surface area contributed by atoms with Gasteiger partial charge in [0.1, 0.15) is 13.2 Å². The Morgan fingerprint density at radius 1 is 1.39 bits per heavy atom. The van der Waals surface area contributed by atoms with Crippen LogP contribution in [0.3, 0.4) is 0 Å². The van der Waals surface area contributed by atoms with Gasteiger partial charge in [-0.05, 0) is 5.92 Å². The van der Waals surface area contributed by atoms with Gasteiger partial charge in [-0.3, -0.25) is 0 Å². The highest BCUT2D eigenvalue weighted by Gasteiger charge is 2.27. The first-order valence-electron chi connectivity index (χ1n) is 5.38. The van der Waals surface area contributed by atoms with Crippen molar-refractivity contribution in [3.63, 3.8) is 0 Å². The monoisotopic (exact) mass is 326 g/mol. The van der Waals surface area contributed by atoms with E-state index in [2.05, 4.69) is 30.6 Å². The number of halogens is 4. The SMILES string of the molecule is CC(C)c1nc(COCC(F)(F)F)ncc1CBr. The molecule has 0 radical (unpaired) electrons. The molecular weight excluding hydrogens is 313 g/mol. The van der Waals surface area contributed by atoms with E-state index in [-0.39, 0.29) is 18.3 Å². The second kappa shape index (κ2) is 6.47. The minimum absolute atomic E-state index is 0.182. The predicted octanol–water partition coefficient (Wildman–Crippen LogP) is 3.57. The van der Waals surface area contributed by atoms with Crippen LogP contribution in [-0.4, -0.2) is 22.8 Å². The average molecular weight is 327 g/mol. The lowest BCUT2D eigenvalue weighted by molar-refractivity contribution is -0.177. The molecular formula is C11H14BrF3N2O. The van der Waals surface area contributed by atoms with E-state index in [0.717, 1.165) is 11.3 Å². The van der Waals surface area contributed by atoms with Gasteiger partial charge >= 0.3 is 6.18 Å². The maximum absolute atomic E-state index is 11.9. The van der Waals surface area contributed by atoms with Crippen molar-refractivity contribution in [1.29, 1.82) is 0 Å². The first-order valence-corrected chi connectivity index (χ1v) is 6.50. The molecule has 0 fully saturated rings. The average Bonchev–Trinajstić information content (AvgIpc) is 2.27. The third kappa shape index (κ3) is 4.89. The van der Waals surface area contributed by atoms with Gasteiger partial charge in [0.25, 0.3) is 0 Å². The smallest absolute Gasteiger partial charge is 0.364 e. The van der Waals surface area contributed by atoms with E-state index >= 15 is 0 Å². The van der Waals surface area contributed by atoms with Gasteiger partial charge in [-0.25, -0.2) is 9.97 Å². The van der Waals surface area contributed by atoms with E-state index in [1.807, 2.05) is 13.8 Å². The Balaban J connectivity index is 2.70. The summed E-state index contributed by atoms with van der Waals surface area (Å²) in [5.41, 5.74) is 1.76. The Hall–Kier alpha value is -0.690. The summed E-state index contributed by atoms with van der Waals surface area (Å²) in [6, 6.07) is 0. The zero-order chi connectivity index (χ0) is 13.8. The molecule has 1 rings (SSSR count). The molecule has 1 heterocycles. The topological polar surface area (TPSA) is 35.0 Å². The molecule has 18 heavy (non-hydrogen) atoms. The zero-order valence-electron chi connectivity index (χ0n) is 10.1. The molecule has 102 valence electrons. The van der Waals surface area contributed by atoms with Crippen LogP contribution in [0, 0.1) is 0 Å². The van der Waals surface area contributed by atoms with Crippen molar-refractivity contribution in [2.45, 2.75) is 37.9 Å². The fourth-order valence-electron chi connectivity index (χ4n) is 1.39. The summed E-state index contributed by atoms with van der Waals surface area (Å²) < 4.78 is 40.3. The molecule has 0 atom stereocenters. The fraction of sp³-hybridized carbons (Fsp3) is 0.636. The van der Waals surface area contributed by atoms with E-state index in [9.17, 15) is 13.2 Å². The van der Waals surface area contributed by atoms with Crippen LogP contribution >= 0.6 is 15.9 Å². The molecule has 0 aliphatic heterocycles. The largest absolute Gasteiger partial charge is 0.411 e. The second-order valence-electron chi connectivity index (χ2n) is 4.09. The first kappa shape index (κ1) is 15.4. The molecule has 0 bridgehead atoms. The van der Waals surface area contributed by atoms with Gasteiger partial charge < -0.3 is 4.74 Å². The molecule has 0 saturated heterocycles. The molecule has 1 aromatic rings. The second-order valence-corrected chi connectivity index (χ2v) is 4.65. The minimum Gasteiger partial charge on any atom is -0.364 e. The normalized spacial score (nSPS) is 12.2. The summed E-state index contributed by atoms with van der Waals surface area (Å²) in [6.45, 7) is 2.42. The predicted molar refractivity (Wildman–Crippen MR) is 64.5 cm³/mol. The van der Waals surface area contributed by atoms with Gasteiger partial charge in [-0.1, -0.05) is 29.8 Å². The van der Waals surface area contributed by atoms with Gasteiger partial charge in [0, 0.05) is 17.1 Å². The number of ether oxygens (including phenoxy) is 1. The van der Waals surface area contributed by atoms with Crippen LogP contribution in [0.4, 0.5) is 13.2 Å². The number of aromatic nitrogens is 2. The number of nitrogens with zero attached hydrogens (tertiary/aromatic N) is 2. The summed E-state index contributed by atoms with van der Waals surface area (Å²) in [4.78, 5) is 8.21. The molecule has 0 aliphatic carbocycles. The van der Waals surface area contributed by atoms with E-state index in [1.165, 1.54) is 0 Å². The van der Waals surface area contributed by atoms with Gasteiger partial charge in [0.15, 0.2) is 5.82 Å². The van der Waals surface area contributed by atoms with Crippen LogP contribution in [0.25, 0.3) is 0 Å². The summed E-state index contributed by atoms with van der Waals surface area (Å²) >= 11 is 3.32. The van der Waals surface area contributed by atoms with Crippen LogP contribution in [0.1, 0.15) is 36.8 Å². The van der Waals surface area contributed by atoms with E-state index in [0.29, 0.717) is 5.33 Å². The van der Waals surface area contributed by atoms with Crippen molar-refractivity contribution < 1.29 is 17.9 Å². The Labute approximate surface area is 112 Å². The summed E-state index contributed by atoms with van der Waals surface area (Å²) in [5, 5.41) is 0.615. The fourth-order valence-corrected chi connectivity index (χ4v) is 1.82. The Morgan fingerprint density at radius 2 is 2.06 bits per heavy atom. The van der Waals surface area contributed by atoms with E-state index in [4.69, 9.17) is 0 Å². The van der Waals surface area contributed by atoms with Crippen molar-refractivity contribution in [1.82, 2.24) is 9.97 Å². The van der Waals surface area contributed by atoms with Crippen LogP contribution in [0.2, 0.25) is 0 Å². The van der Waals surface area contributed by atoms with Crippen LogP contribution in [-0.2, 0) is 16.7 Å². The molecule has 7 heteroatoms. The van der Waals surface area contributed by atoms with E-state index < -0.39 is 12.8 Å². The Morgan fingerprint density at radius 3 is 2.56 bits per heavy atom. The lowest BCUT2D eigenvalue weighted by atomic mass is 10.1. The van der Waals surface area contributed by atoms with Crippen LogP contribution in [0.5, 0.6) is 0 Å². The van der Waals surface area contributed by atoms with Crippen molar-refractivity contribution in [3.8, 4) is 0 Å². The number of rotatable bonds is 5. The molecule has 0 amide bonds. The highest BCUT2D eigenvalue weighted by molar-refractivity contribution is 9.08. The molecule has 0 unspecified atom stereocenters. The Kier molecular flexibility index (Phi) is 5.52. The standard InChI is InChI=1S/C11H14BrF3N2O/c1-7(2)10-8(3-12)4-16-9(17-10)5-18-6-11(13,14)15/h4,7H,3,5-6H2,1-2H3. The quantitative estimate of drug-likeness (QED) is 0.776. The third-order valence-electron chi connectivity index (χ3n) is 2.14. The highest BCUT2D eigenvalue weighted by Crippen LogP contribution is 2.19. The summed E-state index contributed by atoms with van der Waals surface area (Å²) in [7, 11) is 0. The maximum atomic E-state index is 11.9. The van der Waals surface area contributed by atoms with Gasteiger partial charge in [-0.2, -0.15) is 13.2 Å². The van der Waals surface area contributed by atoms with Crippen LogP contribution in [0.15, 0.2) is 6.20 Å². The lowest BCUT2D eigenvalue weighted by Crippen LogP contribution is -2.17. The number of hydrogen-bond acceptors (Lipinski definition) is 3. The summed E-state index contributed by atoms with van der Waals surface area (Å²) in [6.07, 6.45) is -2.71. The Bertz CT molecular complexity index is 396. The van der Waals surface area contributed by atoms with Crippen molar-refractivity contribution >= 4 is 15.9 Å². The molecule has 0 spiro atoms. The van der Waals surface area contributed by atoms with Gasteiger partial charge in [0.05, 0.1) is 5.69 Å². The molecule has 3 nitrogen and oxygen atoms in total. The molecule has 1 aromatic heterocycles. The van der Waals surface area contributed by atoms with Crippen molar-refractivity contribution in [2.24, 2.45) is 0 Å². The highest BCUT2D eigenvalue weighted by atomic mass is 79.9. The van der Waals surface area contributed by atoms with Crippen LogP contribution < -0.4 is 0 Å². The van der Waals surface area contributed by atoms with Crippen molar-refractivity contribution in [3.05, 3.63) is 23.3 Å². The third-order valence-corrected chi connectivity index (χ3v) is 2.74. The first-order chi connectivity index (χ1) is 8.33. The summed E-state index contributed by atoms with van der Waals surface area (Å²) in [5.74, 6) is 0.453. The number of alkyl halides is 4. The zero-order valence-corrected chi connectivity index (χ0v) is 11.7. The van der Waals surface area contributed by atoms with Crippen molar-refractivity contribution in [2.75, 3.05) is 6.61 Å². The maximum Gasteiger partial charge on any atom is 0.411 e. The molecule has 0 saturated carbocycles. The number of hydrogen-bond donors (Lipinski definition) is 0. The molecule has 0 aromatic carbocycles. The molecule has 0 aliphatic rings. The van der Waals surface area contributed by atoms with Gasteiger partial charge in [-0.15, -0.1) is 0 Å². The lowest BCUT2D eigenvalue weighted by Gasteiger charge is -2.12. The van der Waals surface area contributed by atoms with Gasteiger partial charge in [0.2, 0.25) is 0 Å².